The average molecular weight is 380 g/mol. The fraction of sp³-hybridized carbons (Fsp3) is 0.556. The summed E-state index contributed by atoms with van der Waals surface area (Å²) in [6.45, 7) is 0.506. The summed E-state index contributed by atoms with van der Waals surface area (Å²) < 4.78 is 23.3. The fourth-order valence-corrected chi connectivity index (χ4v) is 4.55. The second-order valence-electron chi connectivity index (χ2n) is 7.43. The van der Waals surface area contributed by atoms with Gasteiger partial charge in [-0.3, -0.25) is 14.5 Å². The normalized spacial score (nSPS) is 25.5. The molecule has 0 aromatic heterocycles. The summed E-state index contributed by atoms with van der Waals surface area (Å²) in [4.78, 5) is 26.2. The van der Waals surface area contributed by atoms with Gasteiger partial charge < -0.3 is 10.4 Å². The number of carbonyl (C=O) groups excluding carboxylic acids is 1. The number of sulfone groups is 1. The van der Waals surface area contributed by atoms with Gasteiger partial charge in [0.2, 0.25) is 5.91 Å². The van der Waals surface area contributed by atoms with Crippen LogP contribution in [0.4, 0.5) is 0 Å². The molecule has 2 atom stereocenters. The van der Waals surface area contributed by atoms with Gasteiger partial charge in [0, 0.05) is 18.8 Å². The van der Waals surface area contributed by atoms with Gasteiger partial charge in [0.25, 0.3) is 0 Å². The Morgan fingerprint density at radius 3 is 2.27 bits per heavy atom. The number of carboxylic acids is 1. The first-order valence-electron chi connectivity index (χ1n) is 8.68. The van der Waals surface area contributed by atoms with Gasteiger partial charge in [-0.15, -0.1) is 0 Å². The van der Waals surface area contributed by atoms with Crippen molar-refractivity contribution in [1.29, 1.82) is 0 Å². The number of carbonyl (C=O) groups is 2. The molecule has 1 amide bonds. The lowest BCUT2D eigenvalue weighted by molar-refractivity contribution is -0.141. The molecule has 1 heterocycles. The van der Waals surface area contributed by atoms with E-state index in [4.69, 9.17) is 0 Å². The van der Waals surface area contributed by atoms with E-state index < -0.39 is 27.3 Å². The van der Waals surface area contributed by atoms with Crippen molar-refractivity contribution in [2.75, 3.05) is 19.8 Å². The van der Waals surface area contributed by atoms with Crippen molar-refractivity contribution >= 4 is 21.7 Å². The summed E-state index contributed by atoms with van der Waals surface area (Å²) in [6.07, 6.45) is 3.90. The lowest BCUT2D eigenvalue weighted by Gasteiger charge is -2.41. The zero-order valence-electron chi connectivity index (χ0n) is 14.9. The highest BCUT2D eigenvalue weighted by Gasteiger charge is 2.47. The minimum Gasteiger partial charge on any atom is -0.480 e. The molecule has 2 fully saturated rings. The lowest BCUT2D eigenvalue weighted by Crippen LogP contribution is -2.52. The van der Waals surface area contributed by atoms with Gasteiger partial charge in [0.1, 0.15) is 6.04 Å². The summed E-state index contributed by atoms with van der Waals surface area (Å²) in [7, 11) is -1.53. The Bertz CT molecular complexity index is 814. The molecule has 1 aliphatic heterocycles. The van der Waals surface area contributed by atoms with Gasteiger partial charge >= 0.3 is 5.97 Å². The highest BCUT2D eigenvalue weighted by atomic mass is 32.2. The van der Waals surface area contributed by atoms with Gasteiger partial charge in [-0.1, -0.05) is 18.6 Å². The summed E-state index contributed by atoms with van der Waals surface area (Å²) in [5.41, 5.74) is 0.172. The predicted molar refractivity (Wildman–Crippen MR) is 95.7 cm³/mol. The van der Waals surface area contributed by atoms with E-state index in [0.717, 1.165) is 18.2 Å². The van der Waals surface area contributed by atoms with E-state index in [-0.39, 0.29) is 16.8 Å². The standard InChI is InChI=1S/C18H24N2O5S/c1-20-11-13(10-15(20)16(21)22)19-17(23)18(8-3-9-18)12-4-6-14(7-5-12)26(2,24)25/h4-7,13,15H,3,8-11H2,1-2H3,(H,19,23)(H,21,22)/t13-,15-/m0/s1. The molecule has 1 saturated heterocycles. The lowest BCUT2D eigenvalue weighted by atomic mass is 9.63. The van der Waals surface area contributed by atoms with Crippen molar-refractivity contribution in [3.63, 3.8) is 0 Å². The van der Waals surface area contributed by atoms with Gasteiger partial charge in [-0.05, 0) is 44.0 Å². The van der Waals surface area contributed by atoms with Crippen LogP contribution in [0.25, 0.3) is 0 Å². The molecule has 8 heteroatoms. The van der Waals surface area contributed by atoms with Gasteiger partial charge in [-0.25, -0.2) is 8.42 Å². The van der Waals surface area contributed by atoms with Crippen LogP contribution < -0.4 is 5.32 Å². The van der Waals surface area contributed by atoms with E-state index in [2.05, 4.69) is 5.32 Å². The molecule has 7 nitrogen and oxygen atoms in total. The number of nitrogens with one attached hydrogen (secondary N) is 1. The molecular formula is C18H24N2O5S. The second-order valence-corrected chi connectivity index (χ2v) is 9.45. The Balaban J connectivity index is 1.76. The molecule has 1 aromatic rings. The Morgan fingerprint density at radius 2 is 1.85 bits per heavy atom. The summed E-state index contributed by atoms with van der Waals surface area (Å²) in [6, 6.07) is 5.75. The van der Waals surface area contributed by atoms with E-state index in [1.54, 1.807) is 36.2 Å². The molecule has 2 aliphatic rings. The number of nitrogens with zero attached hydrogens (tertiary/aromatic N) is 1. The average Bonchev–Trinajstić information content (AvgIpc) is 2.86. The number of carboxylic acid groups (broad SMARTS) is 1. The van der Waals surface area contributed by atoms with E-state index >= 15 is 0 Å². The van der Waals surface area contributed by atoms with E-state index in [1.807, 2.05) is 0 Å². The van der Waals surface area contributed by atoms with Gasteiger partial charge in [0.15, 0.2) is 9.84 Å². The number of hydrogen-bond donors (Lipinski definition) is 2. The van der Waals surface area contributed by atoms with E-state index in [9.17, 15) is 23.1 Å². The topological polar surface area (TPSA) is 104 Å². The summed E-state index contributed by atoms with van der Waals surface area (Å²) >= 11 is 0. The van der Waals surface area contributed by atoms with Gasteiger partial charge in [0.05, 0.1) is 10.3 Å². The van der Waals surface area contributed by atoms with Crippen LogP contribution >= 0.6 is 0 Å². The first-order chi connectivity index (χ1) is 12.1. The van der Waals surface area contributed by atoms with Crippen LogP contribution in [0.5, 0.6) is 0 Å². The summed E-state index contributed by atoms with van der Waals surface area (Å²) in [5, 5.41) is 12.2. The molecule has 1 aliphatic carbocycles. The molecule has 142 valence electrons. The Labute approximate surface area is 153 Å². The SMILES string of the molecule is CN1C[C@@H](NC(=O)C2(c3ccc(S(C)(=O)=O)cc3)CCC2)C[C@H]1C(=O)O. The van der Waals surface area contributed by atoms with E-state index in [0.29, 0.717) is 25.8 Å². The zero-order valence-corrected chi connectivity index (χ0v) is 15.8. The molecule has 26 heavy (non-hydrogen) atoms. The second kappa shape index (κ2) is 6.66. The number of likely N-dealkylation sites (N-methyl/N-ethyl adjacent to an activating group) is 1. The fourth-order valence-electron chi connectivity index (χ4n) is 3.91. The van der Waals surface area contributed by atoms with Crippen molar-refractivity contribution in [3.8, 4) is 0 Å². The van der Waals surface area contributed by atoms with Crippen molar-refractivity contribution < 1.29 is 23.1 Å². The largest absolute Gasteiger partial charge is 0.480 e. The first kappa shape index (κ1) is 18.8. The number of hydrogen-bond acceptors (Lipinski definition) is 5. The van der Waals surface area contributed by atoms with E-state index in [1.165, 1.54) is 0 Å². The van der Waals surface area contributed by atoms with Crippen molar-refractivity contribution in [2.45, 2.75) is 48.1 Å². The first-order valence-corrected chi connectivity index (χ1v) is 10.6. The maximum absolute atomic E-state index is 13.0. The molecule has 1 aromatic carbocycles. The monoisotopic (exact) mass is 380 g/mol. The van der Waals surface area contributed by atoms with Crippen LogP contribution in [0.15, 0.2) is 29.2 Å². The van der Waals surface area contributed by atoms with Crippen LogP contribution in [0.1, 0.15) is 31.2 Å². The molecule has 0 unspecified atom stereocenters. The maximum atomic E-state index is 13.0. The van der Waals surface area contributed by atoms with Crippen LogP contribution in [-0.4, -0.2) is 62.2 Å². The minimum absolute atomic E-state index is 0.0969. The molecule has 3 rings (SSSR count). The third kappa shape index (κ3) is 3.35. The van der Waals surface area contributed by atoms with Crippen LogP contribution in [0.2, 0.25) is 0 Å². The van der Waals surface area contributed by atoms with Crippen LogP contribution in [-0.2, 0) is 24.8 Å². The number of benzene rings is 1. The highest BCUT2D eigenvalue weighted by molar-refractivity contribution is 7.90. The number of likely N-dealkylation sites (tertiary alicyclic amines) is 1. The molecule has 0 bridgehead atoms. The third-order valence-corrected chi connectivity index (χ3v) is 6.77. The van der Waals surface area contributed by atoms with Crippen molar-refractivity contribution in [3.05, 3.63) is 29.8 Å². The molecular weight excluding hydrogens is 356 g/mol. The zero-order chi connectivity index (χ0) is 19.1. The summed E-state index contributed by atoms with van der Waals surface area (Å²) in [5.74, 6) is -0.973. The number of rotatable bonds is 5. The third-order valence-electron chi connectivity index (χ3n) is 5.65. The van der Waals surface area contributed by atoms with Crippen LogP contribution in [0.3, 0.4) is 0 Å². The predicted octanol–water partition coefficient (Wildman–Crippen LogP) is 0.785. The molecule has 1 saturated carbocycles. The van der Waals surface area contributed by atoms with Gasteiger partial charge in [-0.2, -0.15) is 0 Å². The van der Waals surface area contributed by atoms with Crippen molar-refractivity contribution in [2.24, 2.45) is 0 Å². The quantitative estimate of drug-likeness (QED) is 0.783. The number of aliphatic carboxylic acids is 1. The van der Waals surface area contributed by atoms with Crippen LogP contribution in [0, 0.1) is 0 Å². The molecule has 0 radical (unpaired) electrons. The molecule has 0 spiro atoms. The minimum atomic E-state index is -3.27. The number of amides is 1. The van der Waals surface area contributed by atoms with Crippen molar-refractivity contribution in [1.82, 2.24) is 10.2 Å². The maximum Gasteiger partial charge on any atom is 0.320 e. The highest BCUT2D eigenvalue weighted by Crippen LogP contribution is 2.44. The Morgan fingerprint density at radius 1 is 1.23 bits per heavy atom. The Kier molecular flexibility index (Phi) is 4.83. The molecule has 2 N–H and O–H groups in total. The smallest absolute Gasteiger partial charge is 0.320 e. The Hall–Kier alpha value is -1.93.